The van der Waals surface area contributed by atoms with Gasteiger partial charge in [0.05, 0.1) is 13.2 Å². The molecule has 3 N–H and O–H groups in total. The molecule has 0 aromatic carbocycles. The van der Waals surface area contributed by atoms with E-state index in [1.54, 1.807) is 5.01 Å². The van der Waals surface area contributed by atoms with Crippen LogP contribution in [0.15, 0.2) is 0 Å². The zero-order chi connectivity index (χ0) is 8.91. The van der Waals surface area contributed by atoms with Crippen molar-refractivity contribution in [1.82, 2.24) is 10.4 Å². The minimum absolute atomic E-state index is 0.00958. The second-order valence-electron chi connectivity index (χ2n) is 3.36. The molecule has 0 aromatic heterocycles. The smallest absolute Gasteiger partial charge is 0.0519 e. The molecule has 0 spiro atoms. The monoisotopic (exact) mass is 162 g/mol. The van der Waals surface area contributed by atoms with Crippen molar-refractivity contribution < 1.29 is 10.2 Å². The van der Waals surface area contributed by atoms with Crippen molar-refractivity contribution >= 4 is 0 Å². The molecule has 0 aliphatic rings. The van der Waals surface area contributed by atoms with Crippen molar-refractivity contribution in [2.75, 3.05) is 33.9 Å². The number of rotatable bonds is 5. The molecule has 0 unspecified atom stereocenters. The molecule has 0 fully saturated rings. The molecule has 0 amide bonds. The Kier molecular flexibility index (Phi) is 4.60. The van der Waals surface area contributed by atoms with Crippen molar-refractivity contribution in [1.29, 1.82) is 0 Å². The quantitative estimate of drug-likeness (QED) is 0.456. The highest BCUT2D eigenvalue weighted by Crippen LogP contribution is 2.11. The van der Waals surface area contributed by atoms with Crippen molar-refractivity contribution in [2.45, 2.75) is 6.92 Å². The van der Waals surface area contributed by atoms with Crippen LogP contribution in [0.1, 0.15) is 6.92 Å². The van der Waals surface area contributed by atoms with Crippen LogP contribution in [-0.2, 0) is 0 Å². The summed E-state index contributed by atoms with van der Waals surface area (Å²) in [5.74, 6) is 0. The van der Waals surface area contributed by atoms with Gasteiger partial charge in [-0.25, -0.2) is 0 Å². The van der Waals surface area contributed by atoms with E-state index in [9.17, 15) is 0 Å². The first-order chi connectivity index (χ1) is 5.04. The van der Waals surface area contributed by atoms with E-state index in [0.29, 0.717) is 6.54 Å². The minimum Gasteiger partial charge on any atom is -0.396 e. The van der Waals surface area contributed by atoms with Crippen molar-refractivity contribution in [3.63, 3.8) is 0 Å². The van der Waals surface area contributed by atoms with Gasteiger partial charge < -0.3 is 10.2 Å². The predicted octanol–water partition coefficient (Wildman–Crippen LogP) is -0.956. The molecule has 0 heterocycles. The van der Waals surface area contributed by atoms with Gasteiger partial charge in [-0.05, 0) is 0 Å². The van der Waals surface area contributed by atoms with E-state index < -0.39 is 5.41 Å². The van der Waals surface area contributed by atoms with Gasteiger partial charge >= 0.3 is 0 Å². The molecule has 0 radical (unpaired) electrons. The summed E-state index contributed by atoms with van der Waals surface area (Å²) in [4.78, 5) is 0. The number of nitrogens with zero attached hydrogens (tertiary/aromatic N) is 1. The third kappa shape index (κ3) is 4.31. The highest BCUT2D eigenvalue weighted by molar-refractivity contribution is 4.73. The Morgan fingerprint density at radius 2 is 1.73 bits per heavy atom. The summed E-state index contributed by atoms with van der Waals surface area (Å²) >= 11 is 0. The Hall–Kier alpha value is -0.160. The Morgan fingerprint density at radius 1 is 1.27 bits per heavy atom. The average Bonchev–Trinajstić information content (AvgIpc) is 2.00. The van der Waals surface area contributed by atoms with Gasteiger partial charge in [0.15, 0.2) is 0 Å². The van der Waals surface area contributed by atoms with Crippen molar-refractivity contribution in [3.8, 4) is 0 Å². The molecule has 0 atom stereocenters. The number of aliphatic hydroxyl groups excluding tert-OH is 2. The standard InChI is InChI=1S/C7H18N2O2/c1-7(5-10,6-11)4-8-9(2)3/h8,10-11H,4-6H2,1-3H3. The zero-order valence-electron chi connectivity index (χ0n) is 7.46. The van der Waals surface area contributed by atoms with Crippen LogP contribution < -0.4 is 5.43 Å². The maximum atomic E-state index is 8.88. The lowest BCUT2D eigenvalue weighted by Gasteiger charge is -2.26. The lowest BCUT2D eigenvalue weighted by Crippen LogP contribution is -2.43. The van der Waals surface area contributed by atoms with Gasteiger partial charge in [-0.3, -0.25) is 10.4 Å². The molecule has 4 heteroatoms. The van der Waals surface area contributed by atoms with Crippen molar-refractivity contribution in [3.05, 3.63) is 0 Å². The minimum atomic E-state index is -0.426. The Bertz CT molecular complexity index is 103. The fourth-order valence-corrected chi connectivity index (χ4v) is 0.511. The van der Waals surface area contributed by atoms with E-state index in [0.717, 1.165) is 0 Å². The third-order valence-corrected chi connectivity index (χ3v) is 1.59. The Balaban J connectivity index is 3.69. The van der Waals surface area contributed by atoms with E-state index in [2.05, 4.69) is 5.43 Å². The molecule has 0 aromatic rings. The molecule has 0 saturated carbocycles. The normalized spacial score (nSPS) is 12.5. The first kappa shape index (κ1) is 10.8. The fourth-order valence-electron chi connectivity index (χ4n) is 0.511. The molecule has 0 aliphatic heterocycles. The van der Waals surface area contributed by atoms with E-state index in [1.807, 2.05) is 21.0 Å². The second kappa shape index (κ2) is 4.66. The van der Waals surface area contributed by atoms with Crippen molar-refractivity contribution in [2.24, 2.45) is 5.41 Å². The second-order valence-corrected chi connectivity index (χ2v) is 3.36. The third-order valence-electron chi connectivity index (χ3n) is 1.59. The summed E-state index contributed by atoms with van der Waals surface area (Å²) in [5.41, 5.74) is 2.57. The summed E-state index contributed by atoms with van der Waals surface area (Å²) in [5, 5.41) is 19.6. The first-order valence-corrected chi connectivity index (χ1v) is 3.66. The van der Waals surface area contributed by atoms with E-state index >= 15 is 0 Å². The van der Waals surface area contributed by atoms with Crippen LogP contribution >= 0.6 is 0 Å². The molecular weight excluding hydrogens is 144 g/mol. The SMILES string of the molecule is CN(C)NCC(C)(CO)CO. The van der Waals surface area contributed by atoms with E-state index in [1.165, 1.54) is 0 Å². The summed E-state index contributed by atoms with van der Waals surface area (Å²) < 4.78 is 0. The van der Waals surface area contributed by atoms with Gasteiger partial charge in [-0.1, -0.05) is 6.92 Å². The van der Waals surface area contributed by atoms with E-state index in [-0.39, 0.29) is 13.2 Å². The van der Waals surface area contributed by atoms with E-state index in [4.69, 9.17) is 10.2 Å². The molecule has 0 saturated heterocycles. The molecule has 0 rings (SSSR count). The molecular formula is C7H18N2O2. The zero-order valence-corrected chi connectivity index (χ0v) is 7.46. The van der Waals surface area contributed by atoms with Crippen LogP contribution in [0.4, 0.5) is 0 Å². The average molecular weight is 162 g/mol. The maximum Gasteiger partial charge on any atom is 0.0519 e. The van der Waals surface area contributed by atoms with Gasteiger partial charge in [0.1, 0.15) is 0 Å². The summed E-state index contributed by atoms with van der Waals surface area (Å²) in [7, 11) is 3.74. The van der Waals surface area contributed by atoms with Crippen LogP contribution in [0.2, 0.25) is 0 Å². The number of hydrogen-bond donors (Lipinski definition) is 3. The van der Waals surface area contributed by atoms with Gasteiger partial charge in [0, 0.05) is 26.1 Å². The highest BCUT2D eigenvalue weighted by atomic mass is 16.3. The number of hydrazine groups is 1. The first-order valence-electron chi connectivity index (χ1n) is 3.66. The lowest BCUT2D eigenvalue weighted by molar-refractivity contribution is 0.0545. The molecule has 11 heavy (non-hydrogen) atoms. The number of aliphatic hydroxyl groups is 2. The fraction of sp³-hybridized carbons (Fsp3) is 1.00. The summed E-state index contributed by atoms with van der Waals surface area (Å²) in [6, 6.07) is 0. The molecule has 68 valence electrons. The van der Waals surface area contributed by atoms with Crippen LogP contribution in [-0.4, -0.2) is 49.1 Å². The van der Waals surface area contributed by atoms with Gasteiger partial charge in [0.25, 0.3) is 0 Å². The summed E-state index contributed by atoms with van der Waals surface area (Å²) in [6.45, 7) is 2.38. The number of hydrogen-bond acceptors (Lipinski definition) is 4. The van der Waals surface area contributed by atoms with Gasteiger partial charge in [0.2, 0.25) is 0 Å². The van der Waals surface area contributed by atoms with Gasteiger partial charge in [-0.15, -0.1) is 0 Å². The van der Waals surface area contributed by atoms with Crippen LogP contribution in [0.25, 0.3) is 0 Å². The van der Waals surface area contributed by atoms with Crippen LogP contribution in [0, 0.1) is 5.41 Å². The molecule has 4 nitrogen and oxygen atoms in total. The van der Waals surface area contributed by atoms with Crippen LogP contribution in [0.3, 0.4) is 0 Å². The molecule has 0 aliphatic carbocycles. The Labute approximate surface area is 67.8 Å². The summed E-state index contributed by atoms with van der Waals surface area (Å²) in [6.07, 6.45) is 0. The van der Waals surface area contributed by atoms with Gasteiger partial charge in [-0.2, -0.15) is 0 Å². The number of nitrogens with one attached hydrogen (secondary N) is 1. The largest absolute Gasteiger partial charge is 0.396 e. The topological polar surface area (TPSA) is 55.7 Å². The van der Waals surface area contributed by atoms with Crippen LogP contribution in [0.5, 0.6) is 0 Å². The Morgan fingerprint density at radius 3 is 2.00 bits per heavy atom. The lowest BCUT2D eigenvalue weighted by atomic mass is 9.93. The highest BCUT2D eigenvalue weighted by Gasteiger charge is 2.21. The predicted molar refractivity (Wildman–Crippen MR) is 44.0 cm³/mol. The maximum absolute atomic E-state index is 8.88. The molecule has 0 bridgehead atoms.